The van der Waals surface area contributed by atoms with Gasteiger partial charge in [-0.2, -0.15) is 15.3 Å². The van der Waals surface area contributed by atoms with Crippen molar-refractivity contribution in [2.75, 3.05) is 13.3 Å². The number of nitrogens with zero attached hydrogens (tertiary/aromatic N) is 4. The number of amidine groups is 2. The molecule has 227 valence electrons. The van der Waals surface area contributed by atoms with Gasteiger partial charge in [0.1, 0.15) is 35.2 Å². The van der Waals surface area contributed by atoms with Gasteiger partial charge < -0.3 is 35.9 Å². The zero-order chi connectivity index (χ0) is 30.7. The monoisotopic (exact) mass is 686 g/mol. The number of benzene rings is 4. The van der Waals surface area contributed by atoms with E-state index in [1.54, 1.807) is 38.2 Å². The van der Waals surface area contributed by atoms with Crippen LogP contribution in [0.1, 0.15) is 29.8 Å². The summed E-state index contributed by atoms with van der Waals surface area (Å²) in [6.45, 7) is 3.30. The van der Waals surface area contributed by atoms with E-state index in [1.807, 2.05) is 18.2 Å². The first-order valence-electron chi connectivity index (χ1n) is 13.6. The van der Waals surface area contributed by atoms with Crippen LogP contribution in [0.5, 0.6) is 0 Å². The fraction of sp³-hybridized carbons (Fsp3) is 0.121. The maximum Gasteiger partial charge on any atom is 2.00 e. The van der Waals surface area contributed by atoms with Gasteiger partial charge in [-0.25, -0.2) is 0 Å². The van der Waals surface area contributed by atoms with Crippen molar-refractivity contribution in [2.45, 2.75) is 13.8 Å². The van der Waals surface area contributed by atoms with E-state index in [0.29, 0.717) is 28.8 Å². The van der Waals surface area contributed by atoms with Crippen molar-refractivity contribution in [3.63, 3.8) is 0 Å². The van der Waals surface area contributed by atoms with Crippen molar-refractivity contribution in [1.29, 1.82) is 0 Å². The first-order valence-corrected chi connectivity index (χ1v) is 16.3. The average Bonchev–Trinajstić information content (AvgIpc) is 3.05. The molecule has 0 aliphatic carbocycles. The third-order valence-electron chi connectivity index (χ3n) is 6.71. The van der Waals surface area contributed by atoms with E-state index in [-0.39, 0.29) is 33.2 Å². The molecular weight excluding hydrogens is 655 g/mol. The van der Waals surface area contributed by atoms with E-state index >= 15 is 0 Å². The van der Waals surface area contributed by atoms with E-state index < -0.39 is 7.26 Å². The predicted octanol–water partition coefficient (Wildman–Crippen LogP) is 4.53. The molecule has 0 unspecified atom stereocenters. The van der Waals surface area contributed by atoms with E-state index in [9.17, 15) is 4.79 Å². The molecule has 0 bridgehead atoms. The van der Waals surface area contributed by atoms with Crippen LogP contribution in [-0.2, 0) is 42.3 Å². The minimum Gasteiger partial charge on any atom is -0.741 e. The summed E-state index contributed by atoms with van der Waals surface area (Å²) in [5.41, 5.74) is 2.25. The van der Waals surface area contributed by atoms with Crippen molar-refractivity contribution in [2.24, 2.45) is 20.4 Å². The third kappa shape index (κ3) is 8.65. The molecule has 2 N–H and O–H groups in total. The molecule has 4 rings (SSSR count). The van der Waals surface area contributed by atoms with Crippen LogP contribution in [0.4, 0.5) is 0 Å². The molecule has 0 amide bonds. The van der Waals surface area contributed by atoms with Crippen LogP contribution in [-0.4, -0.2) is 40.9 Å². The molecule has 0 aromatic heterocycles. The van der Waals surface area contributed by atoms with E-state index in [4.69, 9.17) is 25.3 Å². The molecule has 0 atom stereocenters. The summed E-state index contributed by atoms with van der Waals surface area (Å²) in [5, 5.41) is 27.5. The minimum atomic E-state index is -2.15. The average molecular weight is 687 g/mol. The van der Waals surface area contributed by atoms with Gasteiger partial charge in [-0.15, -0.1) is 5.10 Å². The Morgan fingerprint density at radius 2 is 1.07 bits per heavy atom. The molecule has 4 aromatic carbocycles. The first-order chi connectivity index (χ1) is 20.8. The second-order valence-corrected chi connectivity index (χ2v) is 13.7. The maximum absolute atomic E-state index is 11.8. The van der Waals surface area contributed by atoms with Gasteiger partial charge in [0.05, 0.1) is 5.71 Å². The molecule has 0 saturated heterocycles. The van der Waals surface area contributed by atoms with Gasteiger partial charge in [0.2, 0.25) is 0 Å². The van der Waals surface area contributed by atoms with Gasteiger partial charge in [0.25, 0.3) is 0 Å². The van der Waals surface area contributed by atoms with Gasteiger partial charge in [0.15, 0.2) is 5.78 Å². The SMILES string of the molecule is CN/C([S-])=N/N=C(/C(C)=N/N=C(\[S-])NC[P+](c1ccccc1)(c1ccccc1)c1ccccc1)c1ccc(C(C)=O)cc1.[Cu+2]. The van der Waals surface area contributed by atoms with Gasteiger partial charge in [-0.05, 0) is 55.4 Å². The van der Waals surface area contributed by atoms with Crippen molar-refractivity contribution >= 4 is 76.0 Å². The van der Waals surface area contributed by atoms with Crippen LogP contribution in [0.3, 0.4) is 0 Å². The zero-order valence-corrected chi connectivity index (χ0v) is 27.9. The van der Waals surface area contributed by atoms with Gasteiger partial charge in [-0.3, -0.25) is 4.79 Å². The van der Waals surface area contributed by atoms with Gasteiger partial charge >= 0.3 is 17.1 Å². The maximum atomic E-state index is 11.8. The number of hydrogen-bond donors (Lipinski definition) is 2. The first kappa shape index (κ1) is 34.7. The molecule has 0 saturated carbocycles. The number of ketones is 1. The van der Waals surface area contributed by atoms with Crippen molar-refractivity contribution in [3.8, 4) is 0 Å². The number of carbonyl (C=O) groups is 1. The summed E-state index contributed by atoms with van der Waals surface area (Å²) in [4.78, 5) is 11.8. The Hall–Kier alpha value is -3.78. The largest absolute Gasteiger partial charge is 2.00 e. The molecule has 11 heteroatoms. The summed E-state index contributed by atoms with van der Waals surface area (Å²) < 4.78 is 0. The molecule has 0 aliphatic rings. The normalized spacial score (nSPS) is 12.7. The molecule has 0 spiro atoms. The summed E-state index contributed by atoms with van der Waals surface area (Å²) >= 11 is 10.8. The van der Waals surface area contributed by atoms with E-state index in [2.05, 4.69) is 104 Å². The Morgan fingerprint density at radius 1 is 0.636 bits per heavy atom. The zero-order valence-electron chi connectivity index (χ0n) is 24.4. The minimum absolute atomic E-state index is 0. The van der Waals surface area contributed by atoms with Crippen LogP contribution in [0.15, 0.2) is 136 Å². The molecule has 44 heavy (non-hydrogen) atoms. The number of hydrogen-bond acceptors (Lipinski definition) is 7. The fourth-order valence-corrected chi connectivity index (χ4v) is 8.64. The summed E-state index contributed by atoms with van der Waals surface area (Å²) in [6.07, 6.45) is 0.557. The Balaban J connectivity index is 0.00000529. The summed E-state index contributed by atoms with van der Waals surface area (Å²) in [6, 6.07) is 38.6. The van der Waals surface area contributed by atoms with Crippen molar-refractivity contribution < 1.29 is 21.9 Å². The van der Waals surface area contributed by atoms with Crippen LogP contribution in [0.2, 0.25) is 0 Å². The van der Waals surface area contributed by atoms with Crippen molar-refractivity contribution in [1.82, 2.24) is 10.6 Å². The standard InChI is InChI=1S/C33H33N6OPS2.Cu/c1-24(31(37-38-32(42)34-3)27-21-19-26(20-22-27)25(2)40)36-39-33(43)35-23-41(28-13-7-4-8-14-28,29-15-9-5-10-16-29)30-17-11-6-12-18-30;/h4-22H,23H2,1-3H3,(H3-,34,35,36,37,38,39,40,42,43);/q;+2/p-1. The number of carbonyl (C=O) groups excluding carboxylic acids is 1. The van der Waals surface area contributed by atoms with Gasteiger partial charge in [0, 0.05) is 23.3 Å². The molecular formula is C33H32CuN6OPS2+. The van der Waals surface area contributed by atoms with E-state index in [1.165, 1.54) is 22.8 Å². The topological polar surface area (TPSA) is 90.6 Å². The quantitative estimate of drug-likeness (QED) is 0.0487. The molecule has 7 nitrogen and oxygen atoms in total. The number of nitrogens with one attached hydrogen (secondary N) is 2. The fourth-order valence-electron chi connectivity index (χ4n) is 4.51. The Morgan fingerprint density at radius 3 is 1.50 bits per heavy atom. The van der Waals surface area contributed by atoms with Crippen LogP contribution >= 0.6 is 7.26 Å². The molecule has 0 aliphatic heterocycles. The number of rotatable bonds is 10. The van der Waals surface area contributed by atoms with E-state index in [0.717, 1.165) is 0 Å². The predicted molar refractivity (Wildman–Crippen MR) is 188 cm³/mol. The Kier molecular flexibility index (Phi) is 13.3. The van der Waals surface area contributed by atoms with Gasteiger partial charge in [-0.1, -0.05) is 78.9 Å². The van der Waals surface area contributed by atoms with Crippen LogP contribution < -0.4 is 26.5 Å². The van der Waals surface area contributed by atoms with Crippen LogP contribution in [0.25, 0.3) is 0 Å². The third-order valence-corrected chi connectivity index (χ3v) is 11.4. The van der Waals surface area contributed by atoms with Crippen LogP contribution in [0, 0.1) is 0 Å². The number of Topliss-reactive ketones (excluding diaryl/α,β-unsaturated/α-hetero) is 1. The Labute approximate surface area is 281 Å². The molecule has 0 fully saturated rings. The summed E-state index contributed by atoms with van der Waals surface area (Å²) in [5.74, 6) is -0.0247. The Bertz CT molecular complexity index is 1550. The van der Waals surface area contributed by atoms with Crippen molar-refractivity contribution in [3.05, 3.63) is 126 Å². The second kappa shape index (κ2) is 16.9. The molecule has 1 radical (unpaired) electrons. The summed E-state index contributed by atoms with van der Waals surface area (Å²) in [7, 11) is -0.482. The molecule has 4 aromatic rings. The molecule has 0 heterocycles. The second-order valence-electron chi connectivity index (χ2n) is 9.48. The smallest absolute Gasteiger partial charge is 0.741 e.